The molecule has 1 aromatic carbocycles. The number of rotatable bonds is 7. The summed E-state index contributed by atoms with van der Waals surface area (Å²) < 4.78 is 10.7. The average Bonchev–Trinajstić information content (AvgIpc) is 3.19. The number of nitrogens with one attached hydrogen (secondary N) is 1. The van der Waals surface area contributed by atoms with E-state index in [2.05, 4.69) is 27.2 Å². The van der Waals surface area contributed by atoms with Gasteiger partial charge in [-0.3, -0.25) is 4.90 Å². The van der Waals surface area contributed by atoms with Crippen LogP contribution >= 0.6 is 12.2 Å². The molecular weight excluding hydrogens is 346 g/mol. The Labute approximate surface area is 162 Å². The van der Waals surface area contributed by atoms with Crippen molar-refractivity contribution in [3.05, 3.63) is 29.8 Å². The standard InChI is InChI=1S/C20H31N3O2S/c1-24-19-8-6-17(7-9-19)16-23(11-10-22-12-14-25-15-13-22)20(26)21-18-4-2-3-5-18/h6-9,18H,2-5,10-16H2,1H3,(H,21,26). The van der Waals surface area contributed by atoms with Crippen LogP contribution in [-0.2, 0) is 11.3 Å². The summed E-state index contributed by atoms with van der Waals surface area (Å²) in [4.78, 5) is 4.77. The highest BCUT2D eigenvalue weighted by Crippen LogP contribution is 2.19. The normalized spacial score (nSPS) is 18.7. The van der Waals surface area contributed by atoms with E-state index in [0.717, 1.165) is 56.8 Å². The maximum atomic E-state index is 5.77. The summed E-state index contributed by atoms with van der Waals surface area (Å²) in [7, 11) is 1.70. The zero-order chi connectivity index (χ0) is 18.2. The van der Waals surface area contributed by atoms with Crippen LogP contribution in [0.1, 0.15) is 31.2 Å². The first kappa shape index (κ1) is 19.4. The van der Waals surface area contributed by atoms with Gasteiger partial charge in [0.15, 0.2) is 5.11 Å². The molecular formula is C20H31N3O2S. The molecule has 0 spiro atoms. The molecule has 144 valence electrons. The van der Waals surface area contributed by atoms with E-state index in [-0.39, 0.29) is 0 Å². The molecule has 0 unspecified atom stereocenters. The molecule has 6 heteroatoms. The molecule has 1 saturated heterocycles. The molecule has 0 bridgehead atoms. The Morgan fingerprint density at radius 2 is 1.92 bits per heavy atom. The highest BCUT2D eigenvalue weighted by atomic mass is 32.1. The Kier molecular flexibility index (Phi) is 7.53. The lowest BCUT2D eigenvalue weighted by Gasteiger charge is -2.32. The second kappa shape index (κ2) is 10.1. The molecule has 1 saturated carbocycles. The van der Waals surface area contributed by atoms with Crippen molar-refractivity contribution in [3.8, 4) is 5.75 Å². The third-order valence-corrected chi connectivity index (χ3v) is 5.67. The van der Waals surface area contributed by atoms with Gasteiger partial charge in [0.05, 0.1) is 20.3 Å². The lowest BCUT2D eigenvalue weighted by Crippen LogP contribution is -2.47. The number of thiocarbonyl (C=S) groups is 1. The highest BCUT2D eigenvalue weighted by molar-refractivity contribution is 7.80. The van der Waals surface area contributed by atoms with Gasteiger partial charge in [0.2, 0.25) is 0 Å². The Morgan fingerprint density at radius 3 is 2.58 bits per heavy atom. The fourth-order valence-corrected chi connectivity index (χ4v) is 3.95. The van der Waals surface area contributed by atoms with Crippen LogP contribution in [0.5, 0.6) is 5.75 Å². The maximum Gasteiger partial charge on any atom is 0.169 e. The van der Waals surface area contributed by atoms with E-state index in [1.807, 2.05) is 12.1 Å². The van der Waals surface area contributed by atoms with Crippen LogP contribution in [0.3, 0.4) is 0 Å². The Bertz CT molecular complexity index is 555. The van der Waals surface area contributed by atoms with E-state index in [0.29, 0.717) is 6.04 Å². The van der Waals surface area contributed by atoms with Gasteiger partial charge in [0.1, 0.15) is 5.75 Å². The second-order valence-corrected chi connectivity index (χ2v) is 7.54. The zero-order valence-electron chi connectivity index (χ0n) is 15.8. The van der Waals surface area contributed by atoms with E-state index >= 15 is 0 Å². The van der Waals surface area contributed by atoms with Crippen molar-refractivity contribution in [2.24, 2.45) is 0 Å². The molecule has 1 heterocycles. The maximum absolute atomic E-state index is 5.77. The van der Waals surface area contributed by atoms with E-state index < -0.39 is 0 Å². The molecule has 26 heavy (non-hydrogen) atoms. The van der Waals surface area contributed by atoms with Crippen molar-refractivity contribution >= 4 is 17.3 Å². The molecule has 1 aliphatic heterocycles. The monoisotopic (exact) mass is 377 g/mol. The first-order valence-corrected chi connectivity index (χ1v) is 10.1. The minimum Gasteiger partial charge on any atom is -0.497 e. The Balaban J connectivity index is 1.59. The molecule has 0 atom stereocenters. The van der Waals surface area contributed by atoms with E-state index in [1.165, 1.54) is 31.2 Å². The largest absolute Gasteiger partial charge is 0.497 e. The van der Waals surface area contributed by atoms with E-state index in [1.54, 1.807) is 7.11 Å². The summed E-state index contributed by atoms with van der Waals surface area (Å²) in [6.07, 6.45) is 5.10. The number of hydrogen-bond acceptors (Lipinski definition) is 4. The number of morpholine rings is 1. The summed E-state index contributed by atoms with van der Waals surface area (Å²) >= 11 is 5.77. The smallest absolute Gasteiger partial charge is 0.169 e. The van der Waals surface area contributed by atoms with Gasteiger partial charge in [0, 0.05) is 38.8 Å². The molecule has 1 N–H and O–H groups in total. The zero-order valence-corrected chi connectivity index (χ0v) is 16.6. The first-order valence-electron chi connectivity index (χ1n) is 9.73. The average molecular weight is 378 g/mol. The molecule has 0 radical (unpaired) electrons. The van der Waals surface area contributed by atoms with Crippen LogP contribution in [-0.4, -0.2) is 67.5 Å². The Morgan fingerprint density at radius 1 is 1.23 bits per heavy atom. The topological polar surface area (TPSA) is 37.0 Å². The molecule has 1 aliphatic carbocycles. The second-order valence-electron chi connectivity index (χ2n) is 7.15. The van der Waals surface area contributed by atoms with Crippen molar-refractivity contribution in [2.75, 3.05) is 46.5 Å². The van der Waals surface area contributed by atoms with Gasteiger partial charge in [-0.1, -0.05) is 25.0 Å². The molecule has 5 nitrogen and oxygen atoms in total. The van der Waals surface area contributed by atoms with Crippen molar-refractivity contribution in [1.29, 1.82) is 0 Å². The van der Waals surface area contributed by atoms with Crippen LogP contribution in [0.15, 0.2) is 24.3 Å². The number of benzene rings is 1. The van der Waals surface area contributed by atoms with Crippen LogP contribution < -0.4 is 10.1 Å². The summed E-state index contributed by atoms with van der Waals surface area (Å²) in [5.74, 6) is 0.889. The third-order valence-electron chi connectivity index (χ3n) is 5.29. The highest BCUT2D eigenvalue weighted by Gasteiger charge is 2.20. The van der Waals surface area contributed by atoms with Crippen LogP contribution in [0.4, 0.5) is 0 Å². The quantitative estimate of drug-likeness (QED) is 0.737. The molecule has 3 rings (SSSR count). The van der Waals surface area contributed by atoms with E-state index in [9.17, 15) is 0 Å². The lowest BCUT2D eigenvalue weighted by molar-refractivity contribution is 0.0357. The first-order chi connectivity index (χ1) is 12.7. The van der Waals surface area contributed by atoms with Gasteiger partial charge in [-0.15, -0.1) is 0 Å². The SMILES string of the molecule is COc1ccc(CN(CCN2CCOCC2)C(=S)NC2CCCC2)cc1. The van der Waals surface area contributed by atoms with Gasteiger partial charge in [-0.25, -0.2) is 0 Å². The number of hydrogen-bond donors (Lipinski definition) is 1. The van der Waals surface area contributed by atoms with Crippen molar-refractivity contribution < 1.29 is 9.47 Å². The van der Waals surface area contributed by atoms with Gasteiger partial charge in [-0.2, -0.15) is 0 Å². The van der Waals surface area contributed by atoms with E-state index in [4.69, 9.17) is 21.7 Å². The molecule has 0 amide bonds. The van der Waals surface area contributed by atoms with Crippen molar-refractivity contribution in [3.63, 3.8) is 0 Å². The number of ether oxygens (including phenoxy) is 2. The minimum atomic E-state index is 0.546. The summed E-state index contributed by atoms with van der Waals surface area (Å²) in [5.41, 5.74) is 1.25. The molecule has 0 aromatic heterocycles. The molecule has 1 aromatic rings. The van der Waals surface area contributed by atoms with Crippen molar-refractivity contribution in [1.82, 2.24) is 15.1 Å². The lowest BCUT2D eigenvalue weighted by atomic mass is 10.2. The van der Waals surface area contributed by atoms with Gasteiger partial charge >= 0.3 is 0 Å². The summed E-state index contributed by atoms with van der Waals surface area (Å²) in [6, 6.07) is 8.83. The summed E-state index contributed by atoms with van der Waals surface area (Å²) in [6.45, 7) is 6.48. The van der Waals surface area contributed by atoms with Gasteiger partial charge in [-0.05, 0) is 42.8 Å². The number of methoxy groups -OCH3 is 1. The molecule has 2 aliphatic rings. The predicted molar refractivity (Wildman–Crippen MR) is 109 cm³/mol. The van der Waals surface area contributed by atoms with Crippen LogP contribution in [0, 0.1) is 0 Å². The van der Waals surface area contributed by atoms with Crippen LogP contribution in [0.2, 0.25) is 0 Å². The van der Waals surface area contributed by atoms with Gasteiger partial charge in [0.25, 0.3) is 0 Å². The Hall–Kier alpha value is -1.37. The minimum absolute atomic E-state index is 0.546. The molecule has 2 fully saturated rings. The predicted octanol–water partition coefficient (Wildman–Crippen LogP) is 2.65. The fourth-order valence-electron chi connectivity index (χ4n) is 3.63. The van der Waals surface area contributed by atoms with Gasteiger partial charge < -0.3 is 19.7 Å². The third kappa shape index (κ3) is 5.83. The fraction of sp³-hybridized carbons (Fsp3) is 0.650. The summed E-state index contributed by atoms with van der Waals surface area (Å²) in [5, 5.41) is 4.49. The number of nitrogens with zero attached hydrogens (tertiary/aromatic N) is 2. The van der Waals surface area contributed by atoms with Crippen LogP contribution in [0.25, 0.3) is 0 Å². The van der Waals surface area contributed by atoms with Crippen molar-refractivity contribution in [2.45, 2.75) is 38.3 Å².